The second-order valence-electron chi connectivity index (χ2n) is 4.98. The van der Waals surface area contributed by atoms with E-state index in [1.54, 1.807) is 0 Å². The van der Waals surface area contributed by atoms with Crippen LogP contribution in [0.2, 0.25) is 0 Å². The van der Waals surface area contributed by atoms with Gasteiger partial charge < -0.3 is 5.11 Å². The van der Waals surface area contributed by atoms with Crippen molar-refractivity contribution in [2.24, 2.45) is 5.92 Å². The third-order valence-corrected chi connectivity index (χ3v) is 3.66. The molecule has 3 nitrogen and oxygen atoms in total. The van der Waals surface area contributed by atoms with Gasteiger partial charge in [-0.25, -0.2) is 0 Å². The monoisotopic (exact) mass is 280 g/mol. The van der Waals surface area contributed by atoms with Gasteiger partial charge in [0, 0.05) is 5.92 Å². The molecule has 0 amide bonds. The van der Waals surface area contributed by atoms with Crippen LogP contribution in [0.5, 0.6) is 0 Å². The predicted molar refractivity (Wildman–Crippen MR) is 76.3 cm³/mol. The maximum absolute atomic E-state index is 10.1. The molecule has 0 aliphatic heterocycles. The van der Waals surface area contributed by atoms with Crippen molar-refractivity contribution in [3.05, 3.63) is 47.5 Å². The number of allylic oxidation sites excluding steroid dienone is 2. The Morgan fingerprint density at radius 1 is 1.21 bits per heavy atom. The maximum Gasteiger partial charge on any atom is 0.335 e. The van der Waals surface area contributed by atoms with Gasteiger partial charge in [-0.05, 0) is 31.2 Å². The van der Waals surface area contributed by atoms with Gasteiger partial charge in [0.1, 0.15) is 0 Å². The van der Waals surface area contributed by atoms with E-state index in [1.165, 1.54) is 11.1 Å². The van der Waals surface area contributed by atoms with Crippen LogP contribution in [-0.4, -0.2) is 19.6 Å². The molecule has 1 aliphatic rings. The van der Waals surface area contributed by atoms with E-state index in [-0.39, 0.29) is 6.10 Å². The van der Waals surface area contributed by atoms with Crippen LogP contribution in [-0.2, 0) is 11.6 Å². The van der Waals surface area contributed by atoms with Crippen LogP contribution in [0.25, 0.3) is 0 Å². The van der Waals surface area contributed by atoms with Gasteiger partial charge in [0.2, 0.25) is 0 Å². The summed E-state index contributed by atoms with van der Waals surface area (Å²) in [5, 5.41) is 10.1. The average molecular weight is 280 g/mol. The number of hydrogen-bond acceptors (Lipinski definition) is 3. The molecule has 0 radical (unpaired) electrons. The van der Waals surface area contributed by atoms with Gasteiger partial charge in [-0.3, -0.25) is 0 Å². The largest absolute Gasteiger partial charge is 0.393 e. The Morgan fingerprint density at radius 3 is 2.37 bits per heavy atom. The molecule has 1 aliphatic carbocycles. The van der Waals surface area contributed by atoms with Crippen molar-refractivity contribution in [2.45, 2.75) is 38.7 Å². The van der Waals surface area contributed by atoms with Crippen LogP contribution in [0.4, 0.5) is 0 Å². The Hall–Kier alpha value is -1.26. The first-order chi connectivity index (χ1) is 9.10. The second-order valence-corrected chi connectivity index (χ2v) is 5.12. The quantitative estimate of drug-likeness (QED) is 0.805. The second kappa shape index (κ2) is 8.02. The van der Waals surface area contributed by atoms with Crippen LogP contribution in [0.1, 0.15) is 38.2 Å². The van der Waals surface area contributed by atoms with E-state index in [9.17, 15) is 5.11 Å². The minimum atomic E-state index is -0.750. The average Bonchev–Trinajstić information content (AvgIpc) is 2.54. The fourth-order valence-corrected chi connectivity index (χ4v) is 2.49. The Labute approximate surface area is 118 Å². The first kappa shape index (κ1) is 15.8. The molecule has 1 aromatic rings. The number of aliphatic hydroxyl groups excluding tert-OH is 1. The molecule has 0 aromatic heterocycles. The molecule has 3 atom stereocenters. The lowest BCUT2D eigenvalue weighted by Crippen LogP contribution is -2.21. The van der Waals surface area contributed by atoms with Gasteiger partial charge in [0.05, 0.1) is 6.10 Å². The van der Waals surface area contributed by atoms with Crippen molar-refractivity contribution >= 4 is 11.6 Å². The highest BCUT2D eigenvalue weighted by atomic mass is 32.1. The fraction of sp³-hybridized carbons (Fsp3) is 0.467. The Kier molecular flexibility index (Phi) is 6.67. The SMILES string of the molecule is CC1=CC(c2ccccc2)[C@H](C)[C@H](O)CC1.O=S=O. The minimum Gasteiger partial charge on any atom is -0.393 e. The van der Waals surface area contributed by atoms with Crippen molar-refractivity contribution in [3.8, 4) is 0 Å². The van der Waals surface area contributed by atoms with Gasteiger partial charge in [0.15, 0.2) is 0 Å². The maximum atomic E-state index is 10.1. The number of benzene rings is 1. The summed E-state index contributed by atoms with van der Waals surface area (Å²) in [5.74, 6) is 0.665. The molecule has 2 rings (SSSR count). The molecule has 0 fully saturated rings. The van der Waals surface area contributed by atoms with E-state index in [4.69, 9.17) is 8.42 Å². The molecule has 0 bridgehead atoms. The topological polar surface area (TPSA) is 54.4 Å². The van der Waals surface area contributed by atoms with E-state index < -0.39 is 11.6 Å². The minimum absolute atomic E-state index is 0.182. The third kappa shape index (κ3) is 4.73. The smallest absolute Gasteiger partial charge is 0.335 e. The standard InChI is InChI=1S/C15H20O.O2S/c1-11-8-9-15(16)12(2)14(10-11)13-6-4-3-5-7-13;1-3-2/h3-7,10,12,14-16H,8-9H2,1-2H3;/t12-,14?,15+;/m0./s1. The Balaban J connectivity index is 0.000000550. The highest BCUT2D eigenvalue weighted by Crippen LogP contribution is 2.34. The predicted octanol–water partition coefficient (Wildman–Crippen LogP) is 2.84. The summed E-state index contributed by atoms with van der Waals surface area (Å²) < 4.78 is 16.6. The molecule has 0 saturated carbocycles. The Morgan fingerprint density at radius 2 is 1.79 bits per heavy atom. The lowest BCUT2D eigenvalue weighted by atomic mass is 9.84. The lowest BCUT2D eigenvalue weighted by Gasteiger charge is -2.24. The van der Waals surface area contributed by atoms with Gasteiger partial charge in [-0.2, -0.15) is 8.42 Å². The molecule has 1 aromatic carbocycles. The first-order valence-electron chi connectivity index (χ1n) is 6.42. The molecule has 4 heteroatoms. The van der Waals surface area contributed by atoms with Crippen molar-refractivity contribution in [1.82, 2.24) is 0 Å². The van der Waals surface area contributed by atoms with Gasteiger partial charge in [-0.1, -0.05) is 48.9 Å². The van der Waals surface area contributed by atoms with Crippen LogP contribution in [0.3, 0.4) is 0 Å². The fourth-order valence-electron chi connectivity index (χ4n) is 2.49. The summed E-state index contributed by atoms with van der Waals surface area (Å²) in [6.07, 6.45) is 4.07. The molecule has 0 spiro atoms. The molecule has 19 heavy (non-hydrogen) atoms. The third-order valence-electron chi connectivity index (χ3n) is 3.66. The first-order valence-corrected chi connectivity index (χ1v) is 7.09. The molecule has 1 unspecified atom stereocenters. The zero-order chi connectivity index (χ0) is 14.3. The normalized spacial score (nSPS) is 26.5. The van der Waals surface area contributed by atoms with E-state index in [0.29, 0.717) is 11.8 Å². The summed E-state index contributed by atoms with van der Waals surface area (Å²) in [6.45, 7) is 4.32. The highest BCUT2D eigenvalue weighted by Gasteiger charge is 2.26. The van der Waals surface area contributed by atoms with Crippen molar-refractivity contribution in [1.29, 1.82) is 0 Å². The van der Waals surface area contributed by atoms with Crippen molar-refractivity contribution in [2.75, 3.05) is 0 Å². The summed E-state index contributed by atoms with van der Waals surface area (Å²) in [4.78, 5) is 0. The van der Waals surface area contributed by atoms with Gasteiger partial charge >= 0.3 is 11.6 Å². The summed E-state index contributed by atoms with van der Waals surface area (Å²) in [5.41, 5.74) is 2.72. The highest BCUT2D eigenvalue weighted by molar-refractivity contribution is 7.51. The number of rotatable bonds is 1. The molecule has 104 valence electrons. The van der Waals surface area contributed by atoms with Crippen LogP contribution in [0.15, 0.2) is 42.0 Å². The molecular weight excluding hydrogens is 260 g/mol. The van der Waals surface area contributed by atoms with E-state index in [2.05, 4.69) is 44.2 Å². The summed E-state index contributed by atoms with van der Waals surface area (Å²) in [7, 11) is 0. The summed E-state index contributed by atoms with van der Waals surface area (Å²) >= 11 is -0.750. The van der Waals surface area contributed by atoms with Crippen molar-refractivity contribution in [3.63, 3.8) is 0 Å². The van der Waals surface area contributed by atoms with Crippen LogP contribution < -0.4 is 0 Å². The zero-order valence-corrected chi connectivity index (χ0v) is 12.1. The lowest BCUT2D eigenvalue weighted by molar-refractivity contribution is 0.104. The van der Waals surface area contributed by atoms with E-state index >= 15 is 0 Å². The molecular formula is C15H20O3S. The van der Waals surface area contributed by atoms with Crippen LogP contribution >= 0.6 is 0 Å². The van der Waals surface area contributed by atoms with E-state index in [0.717, 1.165) is 12.8 Å². The number of aliphatic hydroxyl groups is 1. The molecule has 0 heterocycles. The summed E-state index contributed by atoms with van der Waals surface area (Å²) in [6, 6.07) is 10.5. The molecule has 0 saturated heterocycles. The number of hydrogen-bond donors (Lipinski definition) is 1. The van der Waals surface area contributed by atoms with Gasteiger partial charge in [0.25, 0.3) is 0 Å². The van der Waals surface area contributed by atoms with Gasteiger partial charge in [-0.15, -0.1) is 0 Å². The Bertz CT molecular complexity index is 450. The van der Waals surface area contributed by atoms with Crippen molar-refractivity contribution < 1.29 is 13.5 Å². The zero-order valence-electron chi connectivity index (χ0n) is 11.3. The molecule has 1 N–H and O–H groups in total. The van der Waals surface area contributed by atoms with Crippen LogP contribution in [0, 0.1) is 5.92 Å². The van der Waals surface area contributed by atoms with E-state index in [1.807, 2.05) is 6.07 Å².